The van der Waals surface area contributed by atoms with Crippen LogP contribution in [0.3, 0.4) is 0 Å². The van der Waals surface area contributed by atoms with Crippen molar-refractivity contribution in [3.8, 4) is 0 Å². The second kappa shape index (κ2) is 31.2. The molecule has 0 saturated carbocycles. The molecule has 16 aromatic carbocycles. The van der Waals surface area contributed by atoms with Crippen LogP contribution in [0, 0.1) is 13.8 Å². The Hall–Kier alpha value is -9.50. The fraction of sp³-hybridized carbons (Fsp3) is 0.0319. The van der Waals surface area contributed by atoms with Gasteiger partial charge in [-0.15, -0.1) is 58.3 Å². The van der Waals surface area contributed by atoms with Gasteiger partial charge in [-0.2, -0.15) is 22.9 Å². The molecule has 0 fully saturated rings. The molecule has 101 heavy (non-hydrogen) atoms. The van der Waals surface area contributed by atoms with Gasteiger partial charge in [-0.3, -0.25) is 0 Å². The first-order chi connectivity index (χ1) is 49.7. The Balaban J connectivity index is 0.000000161. The van der Waals surface area contributed by atoms with E-state index in [2.05, 4.69) is 426 Å². The molecule has 0 heterocycles. The third kappa shape index (κ3) is 13.1. The molecular weight excluding hydrogens is 1400 g/mol. The topological polar surface area (TPSA) is 0 Å². The van der Waals surface area contributed by atoms with Gasteiger partial charge in [-0.1, -0.05) is 399 Å². The number of rotatable bonds is 16. The summed E-state index contributed by atoms with van der Waals surface area (Å²) in [6, 6.07) is 156. The van der Waals surface area contributed by atoms with Crippen molar-refractivity contribution >= 4 is 158 Å². The van der Waals surface area contributed by atoms with Gasteiger partial charge in [0.1, 0.15) is 0 Å². The van der Waals surface area contributed by atoms with Crippen LogP contribution in [0.1, 0.15) is 18.1 Å². The van der Waals surface area contributed by atoms with E-state index in [-0.39, 0.29) is 0 Å². The largest absolute Gasteiger partial charge is 0.177 e. The standard InChI is InChI=1S/2C46H37Si2.C2H4.2ClH.Zr/c2*1-36-32-37-34-45(47(39-20-8-2-9-21-39,40-22-10-3-11-23-40)41-24-12-4-13-25-41)46(35-38(37)33-36)48(42-26-14-5-15-27-42,43-28-16-6-17-29-43)44-30-18-7-19-31-44;1-2;;;/h2*2-35H,1H3;1H,2H3;2*1H;/q2*-1;;;;+2/p-2. The van der Waals surface area contributed by atoms with Gasteiger partial charge in [0, 0.05) is 0 Å². The van der Waals surface area contributed by atoms with E-state index in [1.165, 1.54) is 116 Å². The van der Waals surface area contributed by atoms with Crippen LogP contribution in [0.5, 0.6) is 0 Å². The van der Waals surface area contributed by atoms with Gasteiger partial charge in [0.05, 0.1) is 0 Å². The quantitative estimate of drug-likeness (QED) is 0.0514. The maximum atomic E-state index is 5.37. The van der Waals surface area contributed by atoms with Gasteiger partial charge < -0.3 is 0 Å². The van der Waals surface area contributed by atoms with Gasteiger partial charge in [-0.25, -0.2) is 0 Å². The first-order valence-electron chi connectivity index (χ1n) is 34.8. The first-order valence-corrected chi connectivity index (χ1v) is 50.5. The van der Waals surface area contributed by atoms with Gasteiger partial charge in [-0.05, 0) is 62.2 Å². The number of aryl methyl sites for hydroxylation is 2. The summed E-state index contributed by atoms with van der Waals surface area (Å²) in [6.07, 6.45) is 0. The molecular formula is C94H78Cl2Si4Zr-2. The van der Waals surface area contributed by atoms with Crippen molar-refractivity contribution in [3.05, 3.63) is 424 Å². The van der Waals surface area contributed by atoms with Crippen molar-refractivity contribution in [1.82, 2.24) is 0 Å². The molecule has 0 aliphatic heterocycles. The summed E-state index contributed by atoms with van der Waals surface area (Å²) in [6.45, 7) is 6.35. The normalized spacial score (nSPS) is 11.6. The van der Waals surface area contributed by atoms with E-state index in [0.717, 1.165) is 0 Å². The molecule has 0 atom stereocenters. The maximum Gasteiger partial charge on any atom is 0.177 e. The number of fused-ring (bicyclic) bond motifs is 2. The zero-order valence-corrected chi connectivity index (χ0v) is 65.1. The fourth-order valence-corrected chi connectivity index (χ4v) is 37.9. The molecule has 0 nitrogen and oxygen atoms in total. The zero-order valence-electron chi connectivity index (χ0n) is 57.1. The molecule has 0 aromatic heterocycles. The summed E-state index contributed by atoms with van der Waals surface area (Å²) in [5.41, 5.74) is 2.59. The van der Waals surface area contributed by atoms with E-state index in [1.54, 1.807) is 0 Å². The minimum atomic E-state index is -2.93. The van der Waals surface area contributed by atoms with Crippen LogP contribution in [0.15, 0.2) is 413 Å². The summed E-state index contributed by atoms with van der Waals surface area (Å²) < 4.78 is 1.89. The Morgan fingerprint density at radius 1 is 0.228 bits per heavy atom. The minimum absolute atomic E-state index is 1.30. The van der Waals surface area contributed by atoms with E-state index in [0.29, 0.717) is 0 Å². The number of hydrogen-bond donors (Lipinski definition) is 0. The second-order valence-electron chi connectivity index (χ2n) is 26.1. The molecule has 0 aliphatic rings. The van der Waals surface area contributed by atoms with Crippen molar-refractivity contribution in [1.29, 1.82) is 0 Å². The SMILES string of the molecule is C[CH]=[Zr]([Cl])[Cl].Cc1cc2cc([Si](c3ccccc3)(c3ccccc3)c3ccccc3)c([Si](c3ccccc3)(c3ccccc3)c3ccccc3)cc2[cH-]1.Cc1cc2cc([Si](c3ccccc3)(c3ccccc3)c3ccccc3)c([Si](c3ccccc3)(c3ccccc3)c3ccccc3)cc2[cH-]1. The van der Waals surface area contributed by atoms with Crippen LogP contribution >= 0.6 is 17.0 Å². The predicted molar refractivity (Wildman–Crippen MR) is 446 cm³/mol. The molecule has 0 bridgehead atoms. The monoisotopic (exact) mass is 1480 g/mol. The molecule has 16 aromatic rings. The molecule has 0 aliphatic carbocycles. The van der Waals surface area contributed by atoms with Gasteiger partial charge in [0.15, 0.2) is 32.3 Å². The molecule has 16 rings (SSSR count). The van der Waals surface area contributed by atoms with E-state index >= 15 is 0 Å². The van der Waals surface area contributed by atoms with Crippen molar-refractivity contribution in [2.24, 2.45) is 0 Å². The van der Waals surface area contributed by atoms with E-state index in [4.69, 9.17) is 17.0 Å². The number of hydrogen-bond acceptors (Lipinski definition) is 0. The molecule has 0 unspecified atom stereocenters. The van der Waals surface area contributed by atoms with Gasteiger partial charge in [0.25, 0.3) is 0 Å². The maximum absolute atomic E-state index is 5.37. The zero-order chi connectivity index (χ0) is 69.1. The number of halogens is 2. The van der Waals surface area contributed by atoms with Crippen LogP contribution in [-0.4, -0.2) is 36.0 Å². The van der Waals surface area contributed by atoms with Crippen LogP contribution in [0.4, 0.5) is 0 Å². The minimum Gasteiger partial charge on any atom is -0.165 e. The smallest absolute Gasteiger partial charge is 0.165 e. The van der Waals surface area contributed by atoms with Crippen molar-refractivity contribution in [2.75, 3.05) is 0 Å². The molecule has 7 heteroatoms. The third-order valence-corrected chi connectivity index (χ3v) is 43.7. The van der Waals surface area contributed by atoms with Crippen LogP contribution in [0.2, 0.25) is 0 Å². The molecule has 0 saturated heterocycles. The third-order valence-electron chi connectivity index (χ3n) is 20.3. The average Bonchev–Trinajstić information content (AvgIpc) is 1.51. The molecule has 0 spiro atoms. The summed E-state index contributed by atoms with van der Waals surface area (Å²) in [4.78, 5) is 0. The summed E-state index contributed by atoms with van der Waals surface area (Å²) in [7, 11) is -0.967. The molecule has 0 amide bonds. The summed E-state index contributed by atoms with van der Waals surface area (Å²) in [5, 5.41) is 27.8. The van der Waals surface area contributed by atoms with Crippen molar-refractivity contribution in [3.63, 3.8) is 0 Å². The average molecular weight is 1480 g/mol. The van der Waals surface area contributed by atoms with E-state index in [9.17, 15) is 0 Å². The van der Waals surface area contributed by atoms with E-state index in [1.807, 2.05) is 10.6 Å². The van der Waals surface area contributed by atoms with Crippen LogP contribution < -0.4 is 83.0 Å². The number of benzene rings is 14. The van der Waals surface area contributed by atoms with Crippen molar-refractivity contribution < 1.29 is 18.9 Å². The Kier molecular flexibility index (Phi) is 21.2. The summed E-state index contributed by atoms with van der Waals surface area (Å²) >= 11 is -1.76. The Bertz CT molecular complexity index is 4310. The first kappa shape index (κ1) is 68.6. The van der Waals surface area contributed by atoms with Gasteiger partial charge in [0.2, 0.25) is 0 Å². The molecule has 490 valence electrons. The predicted octanol–water partition coefficient (Wildman–Crippen LogP) is 13.0. The van der Waals surface area contributed by atoms with E-state index < -0.39 is 51.2 Å². The molecule has 0 N–H and O–H groups in total. The molecule has 0 radical (unpaired) electrons. The Morgan fingerprint density at radius 3 is 0.505 bits per heavy atom. The van der Waals surface area contributed by atoms with Crippen molar-refractivity contribution in [2.45, 2.75) is 20.8 Å². The fourth-order valence-electron chi connectivity index (χ4n) is 16.2. The van der Waals surface area contributed by atoms with Crippen LogP contribution in [0.25, 0.3) is 21.5 Å². The Labute approximate surface area is 615 Å². The Morgan fingerprint density at radius 2 is 0.366 bits per heavy atom. The van der Waals surface area contributed by atoms with Gasteiger partial charge >= 0.3 is 46.5 Å². The van der Waals surface area contributed by atoms with Crippen LogP contribution in [-0.2, 0) is 18.9 Å². The second-order valence-corrected chi connectivity index (χ2v) is 50.0. The summed E-state index contributed by atoms with van der Waals surface area (Å²) in [5.74, 6) is 0.